The molecule has 0 amide bonds. The molecule has 12 rings (SSSR count). The second-order valence-corrected chi connectivity index (χ2v) is 25.7. The molecular formula is C54H51NS. The summed E-state index contributed by atoms with van der Waals surface area (Å²) in [5.41, 5.74) is 7.37. The van der Waals surface area contributed by atoms with E-state index in [0.29, 0.717) is 0 Å². The van der Waals surface area contributed by atoms with Crippen LogP contribution in [0.3, 0.4) is 0 Å². The van der Waals surface area contributed by atoms with Gasteiger partial charge in [-0.2, -0.15) is 8.29 Å². The van der Waals surface area contributed by atoms with Crippen LogP contribution in [0.5, 0.6) is 0 Å². The predicted molar refractivity (Wildman–Crippen MR) is 237 cm³/mol. The summed E-state index contributed by atoms with van der Waals surface area (Å²) >= 11 is 0. The van der Waals surface area contributed by atoms with Gasteiger partial charge in [0.25, 0.3) is 0 Å². The zero-order chi connectivity index (χ0) is 37.7. The molecule has 0 N–H and O–H groups in total. The van der Waals surface area contributed by atoms with E-state index in [1.807, 2.05) is 0 Å². The van der Waals surface area contributed by atoms with Gasteiger partial charge >= 0.3 is 0 Å². The summed E-state index contributed by atoms with van der Waals surface area (Å²) in [6.45, 7) is 0. The molecule has 2 unspecified atom stereocenters. The van der Waals surface area contributed by atoms with E-state index in [0.717, 1.165) is 11.8 Å². The number of hydrogen-bond acceptors (Lipinski definition) is 0. The Kier molecular flexibility index (Phi) is 7.05. The number of aromatic nitrogens is 1. The number of benzene rings is 7. The van der Waals surface area contributed by atoms with Crippen LogP contribution in [0.4, 0.5) is 0 Å². The zero-order valence-corrected chi connectivity index (χ0v) is 33.5. The van der Waals surface area contributed by atoms with Gasteiger partial charge in [0.1, 0.15) is 0 Å². The fraction of sp³-hybridized carbons (Fsp3) is 0.222. The molecule has 1 nitrogen and oxygen atoms in total. The molecule has 4 fully saturated rings. The number of rotatable bonds is 7. The fourth-order valence-electron chi connectivity index (χ4n) is 12.9. The minimum Gasteiger partial charge on any atom is -0.309 e. The van der Waals surface area contributed by atoms with Crippen molar-refractivity contribution < 1.29 is 0 Å². The zero-order valence-electron chi connectivity index (χ0n) is 32.7. The highest BCUT2D eigenvalue weighted by Gasteiger charge is 2.60. The molecule has 8 aromatic rings. The molecule has 1 heterocycles. The first kappa shape index (κ1) is 34.0. The third-order valence-corrected chi connectivity index (χ3v) is 23.1. The van der Waals surface area contributed by atoms with Gasteiger partial charge < -0.3 is 4.57 Å². The SMILES string of the molecule is CS(C)(c1ccccc1)(c1ccccc1)(c1ccccc1)c1ccc(C23CC4CC(CC(c5ccc(-n6c7ccccc7c7ccccc76)cc5)(C4)C2)C3)cc1. The minimum atomic E-state index is -3.56. The van der Waals surface area contributed by atoms with Gasteiger partial charge in [-0.15, -0.1) is 0 Å². The average molecular weight is 746 g/mol. The van der Waals surface area contributed by atoms with Gasteiger partial charge in [-0.25, -0.2) is 0 Å². The monoisotopic (exact) mass is 745 g/mol. The van der Waals surface area contributed by atoms with Crippen LogP contribution in [0.2, 0.25) is 0 Å². The van der Waals surface area contributed by atoms with Crippen LogP contribution >= 0.6 is 8.29 Å². The van der Waals surface area contributed by atoms with Crippen LogP contribution in [0.15, 0.2) is 208 Å². The Morgan fingerprint density at radius 3 is 1.20 bits per heavy atom. The summed E-state index contributed by atoms with van der Waals surface area (Å²) in [7, 11) is -3.56. The minimum absolute atomic E-state index is 0.212. The van der Waals surface area contributed by atoms with Gasteiger partial charge in [0.15, 0.2) is 0 Å². The number of para-hydroxylation sites is 2. The van der Waals surface area contributed by atoms with Gasteiger partial charge in [0.2, 0.25) is 0 Å². The first-order valence-corrected chi connectivity index (χ1v) is 23.9. The van der Waals surface area contributed by atoms with Crippen molar-refractivity contribution in [3.8, 4) is 5.69 Å². The lowest BCUT2D eigenvalue weighted by molar-refractivity contribution is -0.0281. The fourth-order valence-corrected chi connectivity index (χ4v) is 18.9. The maximum absolute atomic E-state index is 3.56. The highest BCUT2D eigenvalue weighted by molar-refractivity contribution is 8.63. The van der Waals surface area contributed by atoms with E-state index in [9.17, 15) is 0 Å². The standard InChI is InChI=1S/C54H51NS/c1-56(2,45-16-6-3-7-17-45,46-18-8-4-9-19-46,47-20-10-5-11-21-47)48-32-28-43(29-33-48)54-37-40-34-41(38-54)36-53(35-40,39-54)42-26-30-44(31-27-42)55-51-24-14-12-22-49(51)50-23-13-15-25-52(50)55/h3-33,40-41H,34-39H2,1-2H3. The lowest BCUT2D eigenvalue weighted by Crippen LogP contribution is -2.55. The third-order valence-electron chi connectivity index (χ3n) is 15.4. The van der Waals surface area contributed by atoms with E-state index >= 15 is 0 Å². The third kappa shape index (κ3) is 4.40. The van der Waals surface area contributed by atoms with E-state index in [1.54, 1.807) is 11.1 Å². The Labute approximate surface area is 331 Å². The molecule has 2 heteroatoms. The lowest BCUT2D eigenvalue weighted by Gasteiger charge is -2.76. The molecule has 0 spiro atoms. The molecule has 1 aromatic heterocycles. The first-order valence-electron chi connectivity index (χ1n) is 20.7. The molecule has 0 radical (unpaired) electrons. The van der Waals surface area contributed by atoms with Gasteiger partial charge in [0.05, 0.1) is 11.0 Å². The normalized spacial score (nSPS) is 24.2. The number of hydrogen-bond donors (Lipinski definition) is 0. The molecule has 278 valence electrons. The van der Waals surface area contributed by atoms with E-state index in [-0.39, 0.29) is 10.8 Å². The second kappa shape index (κ2) is 11.6. The smallest absolute Gasteiger partial charge is 0.0541 e. The highest BCUT2D eigenvalue weighted by Crippen LogP contribution is 3.02. The van der Waals surface area contributed by atoms with Crippen molar-refractivity contribution in [1.82, 2.24) is 4.57 Å². The number of nitrogens with zero attached hydrogens (tertiary/aromatic N) is 1. The van der Waals surface area contributed by atoms with Gasteiger partial charge in [-0.3, -0.25) is 0 Å². The highest BCUT2D eigenvalue weighted by atomic mass is 32.4. The van der Waals surface area contributed by atoms with Crippen molar-refractivity contribution >= 4 is 30.1 Å². The first-order chi connectivity index (χ1) is 27.3. The molecule has 0 aliphatic heterocycles. The molecular weight excluding hydrogens is 695 g/mol. The van der Waals surface area contributed by atoms with Crippen LogP contribution in [0.25, 0.3) is 27.5 Å². The Balaban J connectivity index is 1.01. The summed E-state index contributed by atoms with van der Waals surface area (Å²) in [6, 6.07) is 71.9. The predicted octanol–water partition coefficient (Wildman–Crippen LogP) is 14.2. The summed E-state index contributed by atoms with van der Waals surface area (Å²) < 4.78 is 2.46. The second-order valence-electron chi connectivity index (χ2n) is 18.6. The van der Waals surface area contributed by atoms with Crippen LogP contribution in [0.1, 0.15) is 49.7 Å². The van der Waals surface area contributed by atoms with Crippen LogP contribution < -0.4 is 0 Å². The molecule has 2 atom stereocenters. The maximum atomic E-state index is 2.59. The summed E-state index contributed by atoms with van der Waals surface area (Å²) in [5.74, 6) is 1.57. The van der Waals surface area contributed by atoms with Crippen molar-refractivity contribution in [2.75, 3.05) is 12.5 Å². The van der Waals surface area contributed by atoms with E-state index < -0.39 is 8.29 Å². The quantitative estimate of drug-likeness (QED) is 0.153. The maximum Gasteiger partial charge on any atom is 0.0541 e. The van der Waals surface area contributed by atoms with Crippen molar-refractivity contribution in [2.45, 2.75) is 68.9 Å². The van der Waals surface area contributed by atoms with Crippen molar-refractivity contribution in [3.05, 3.63) is 199 Å². The van der Waals surface area contributed by atoms with Crippen molar-refractivity contribution in [1.29, 1.82) is 0 Å². The largest absolute Gasteiger partial charge is 0.309 e. The molecule has 4 bridgehead atoms. The Morgan fingerprint density at radius 1 is 0.411 bits per heavy atom. The molecule has 56 heavy (non-hydrogen) atoms. The topological polar surface area (TPSA) is 4.93 Å². The van der Waals surface area contributed by atoms with Crippen LogP contribution in [-0.4, -0.2) is 17.1 Å². The van der Waals surface area contributed by atoms with Gasteiger partial charge in [-0.05, 0) is 129 Å². The Bertz CT molecular complexity index is 2590. The lowest BCUT2D eigenvalue weighted by atomic mass is 9.42. The molecule has 7 aromatic carbocycles. The Morgan fingerprint density at radius 2 is 0.768 bits per heavy atom. The molecule has 4 saturated carbocycles. The van der Waals surface area contributed by atoms with Gasteiger partial charge in [0, 0.05) is 16.5 Å². The van der Waals surface area contributed by atoms with Crippen molar-refractivity contribution in [3.63, 3.8) is 0 Å². The molecule has 0 saturated heterocycles. The number of fused-ring (bicyclic) bond motifs is 3. The summed E-state index contributed by atoms with van der Waals surface area (Å²) in [4.78, 5) is 5.57. The molecule has 4 aliphatic carbocycles. The van der Waals surface area contributed by atoms with E-state index in [1.165, 1.54) is 85.6 Å². The van der Waals surface area contributed by atoms with Crippen LogP contribution in [-0.2, 0) is 10.8 Å². The van der Waals surface area contributed by atoms with Gasteiger partial charge in [-0.1, -0.05) is 164 Å². The summed E-state index contributed by atoms with van der Waals surface area (Å²) in [5, 5.41) is 2.64. The molecule has 4 aliphatic rings. The van der Waals surface area contributed by atoms with Crippen LogP contribution in [0, 0.1) is 11.8 Å². The summed E-state index contributed by atoms with van der Waals surface area (Å²) in [6.07, 6.45) is 13.1. The van der Waals surface area contributed by atoms with E-state index in [4.69, 9.17) is 0 Å². The average Bonchev–Trinajstić information content (AvgIpc) is 3.59. The van der Waals surface area contributed by atoms with E-state index in [2.05, 4.69) is 205 Å². The van der Waals surface area contributed by atoms with Crippen molar-refractivity contribution in [2.24, 2.45) is 11.8 Å². The Hall–Kier alpha value is -5.31.